The van der Waals surface area contributed by atoms with Crippen LogP contribution in [0.5, 0.6) is 0 Å². The predicted octanol–water partition coefficient (Wildman–Crippen LogP) is 5.48. The number of anilines is 1. The molecule has 0 aliphatic carbocycles. The van der Waals surface area contributed by atoms with Crippen molar-refractivity contribution in [3.63, 3.8) is 0 Å². The van der Waals surface area contributed by atoms with Gasteiger partial charge in [0.2, 0.25) is 0 Å². The van der Waals surface area contributed by atoms with Gasteiger partial charge in [-0.1, -0.05) is 51.8 Å². The third-order valence-corrected chi connectivity index (χ3v) is 4.54. The molecule has 3 aromatic rings. The van der Waals surface area contributed by atoms with Crippen LogP contribution in [0.2, 0.25) is 5.02 Å². The first-order valence-corrected chi connectivity index (χ1v) is 8.46. The van der Waals surface area contributed by atoms with Crippen molar-refractivity contribution in [3.05, 3.63) is 69.0 Å². The van der Waals surface area contributed by atoms with Gasteiger partial charge in [0.05, 0.1) is 5.69 Å². The lowest BCUT2D eigenvalue weighted by Crippen LogP contribution is -2.11. The Morgan fingerprint density at radius 1 is 1.18 bits per heavy atom. The van der Waals surface area contributed by atoms with Gasteiger partial charge < -0.3 is 0 Å². The molecule has 0 aliphatic heterocycles. The van der Waals surface area contributed by atoms with Crippen molar-refractivity contribution in [2.45, 2.75) is 0 Å². The van der Waals surface area contributed by atoms with Crippen LogP contribution in [0.4, 0.5) is 5.13 Å². The van der Waals surface area contributed by atoms with E-state index >= 15 is 0 Å². The van der Waals surface area contributed by atoms with Crippen LogP contribution in [0, 0.1) is 0 Å². The Labute approximate surface area is 145 Å². The van der Waals surface area contributed by atoms with Crippen molar-refractivity contribution in [3.8, 4) is 11.3 Å². The number of amides is 1. The zero-order valence-electron chi connectivity index (χ0n) is 11.2. The molecule has 0 spiro atoms. The zero-order valence-corrected chi connectivity index (χ0v) is 14.4. The molecule has 1 aromatic heterocycles. The van der Waals surface area contributed by atoms with Gasteiger partial charge in [-0.05, 0) is 24.3 Å². The highest BCUT2D eigenvalue weighted by Gasteiger charge is 2.11. The van der Waals surface area contributed by atoms with Crippen LogP contribution in [0.3, 0.4) is 0 Å². The summed E-state index contributed by atoms with van der Waals surface area (Å²) in [7, 11) is 0. The minimum absolute atomic E-state index is 0.193. The zero-order chi connectivity index (χ0) is 15.5. The van der Waals surface area contributed by atoms with E-state index < -0.39 is 0 Å². The molecule has 110 valence electrons. The maximum Gasteiger partial charge on any atom is 0.257 e. The van der Waals surface area contributed by atoms with Gasteiger partial charge in [0.15, 0.2) is 5.13 Å². The Morgan fingerprint density at radius 3 is 2.77 bits per heavy atom. The number of hydrogen-bond donors (Lipinski definition) is 1. The topological polar surface area (TPSA) is 42.0 Å². The van der Waals surface area contributed by atoms with E-state index in [0.29, 0.717) is 15.7 Å². The molecule has 6 heteroatoms. The van der Waals surface area contributed by atoms with E-state index in [0.717, 1.165) is 15.7 Å². The first kappa shape index (κ1) is 15.2. The molecule has 0 atom stereocenters. The molecule has 1 amide bonds. The van der Waals surface area contributed by atoms with E-state index in [4.69, 9.17) is 11.6 Å². The van der Waals surface area contributed by atoms with E-state index in [-0.39, 0.29) is 5.91 Å². The number of aromatic nitrogens is 1. The molecule has 0 radical (unpaired) electrons. The number of thiazole rings is 1. The summed E-state index contributed by atoms with van der Waals surface area (Å²) < 4.78 is 0.857. The summed E-state index contributed by atoms with van der Waals surface area (Å²) in [5.41, 5.74) is 2.17. The number of halogens is 2. The molecule has 2 aromatic carbocycles. The molecule has 1 heterocycles. The summed E-state index contributed by atoms with van der Waals surface area (Å²) in [5, 5.41) is 5.85. The number of rotatable bonds is 3. The number of carbonyl (C=O) groups excluding carboxylic acids is 1. The molecule has 3 rings (SSSR count). The molecule has 0 unspecified atom stereocenters. The number of nitrogens with zero attached hydrogens (tertiary/aromatic N) is 1. The number of hydrogen-bond acceptors (Lipinski definition) is 3. The summed E-state index contributed by atoms with van der Waals surface area (Å²) in [4.78, 5) is 16.6. The molecule has 0 fully saturated rings. The van der Waals surface area contributed by atoms with Crippen LogP contribution < -0.4 is 5.32 Å². The fourth-order valence-electron chi connectivity index (χ4n) is 1.92. The summed E-state index contributed by atoms with van der Waals surface area (Å²) in [6.45, 7) is 0. The Hall–Kier alpha value is -1.69. The van der Waals surface area contributed by atoms with E-state index in [1.165, 1.54) is 11.3 Å². The first-order chi connectivity index (χ1) is 10.6. The second kappa shape index (κ2) is 6.60. The van der Waals surface area contributed by atoms with Crippen LogP contribution in [-0.2, 0) is 0 Å². The smallest absolute Gasteiger partial charge is 0.257 e. The quantitative estimate of drug-likeness (QED) is 0.640. The Kier molecular flexibility index (Phi) is 4.57. The highest BCUT2D eigenvalue weighted by molar-refractivity contribution is 9.10. The molecule has 22 heavy (non-hydrogen) atoms. The molecule has 0 aliphatic rings. The highest BCUT2D eigenvalue weighted by atomic mass is 79.9. The van der Waals surface area contributed by atoms with E-state index in [1.807, 2.05) is 41.8 Å². The van der Waals surface area contributed by atoms with Gasteiger partial charge in [-0.2, -0.15) is 0 Å². The SMILES string of the molecule is O=C(Nc1nc(-c2ccccc2Cl)cs1)c1cccc(Br)c1. The largest absolute Gasteiger partial charge is 0.298 e. The Bertz CT molecular complexity index is 834. The van der Waals surface area contributed by atoms with Crippen molar-refractivity contribution in [1.82, 2.24) is 4.98 Å². The van der Waals surface area contributed by atoms with E-state index in [2.05, 4.69) is 26.2 Å². The van der Waals surface area contributed by atoms with Crippen LogP contribution in [0.15, 0.2) is 58.4 Å². The molecule has 1 N–H and O–H groups in total. The molecular weight excluding hydrogens is 384 g/mol. The van der Waals surface area contributed by atoms with Crippen molar-refractivity contribution >= 4 is 49.9 Å². The van der Waals surface area contributed by atoms with E-state index in [1.54, 1.807) is 12.1 Å². The predicted molar refractivity (Wildman–Crippen MR) is 94.7 cm³/mol. The maximum absolute atomic E-state index is 12.2. The van der Waals surface area contributed by atoms with Gasteiger partial charge in [-0.25, -0.2) is 4.98 Å². The van der Waals surface area contributed by atoms with Gasteiger partial charge in [-0.15, -0.1) is 11.3 Å². The van der Waals surface area contributed by atoms with Crippen LogP contribution in [0.25, 0.3) is 11.3 Å². The summed E-state index contributed by atoms with van der Waals surface area (Å²) in [6, 6.07) is 14.7. The second-order valence-corrected chi connectivity index (χ2v) is 6.66. The van der Waals surface area contributed by atoms with Crippen molar-refractivity contribution in [1.29, 1.82) is 0 Å². The van der Waals surface area contributed by atoms with Gasteiger partial charge in [-0.3, -0.25) is 10.1 Å². The number of benzene rings is 2. The lowest BCUT2D eigenvalue weighted by atomic mass is 10.2. The average Bonchev–Trinajstić information content (AvgIpc) is 2.96. The average molecular weight is 394 g/mol. The van der Waals surface area contributed by atoms with Gasteiger partial charge in [0.25, 0.3) is 5.91 Å². The third kappa shape index (κ3) is 3.38. The summed E-state index contributed by atoms with van der Waals surface area (Å²) >= 11 is 10.9. The minimum Gasteiger partial charge on any atom is -0.298 e. The molecule has 0 saturated heterocycles. The fraction of sp³-hybridized carbons (Fsp3) is 0. The third-order valence-electron chi connectivity index (χ3n) is 2.96. The van der Waals surface area contributed by atoms with Gasteiger partial charge in [0.1, 0.15) is 0 Å². The maximum atomic E-state index is 12.2. The van der Waals surface area contributed by atoms with Gasteiger partial charge >= 0.3 is 0 Å². The molecule has 3 nitrogen and oxygen atoms in total. The van der Waals surface area contributed by atoms with Crippen LogP contribution >= 0.6 is 38.9 Å². The molecular formula is C16H10BrClN2OS. The lowest BCUT2D eigenvalue weighted by Gasteiger charge is -2.02. The lowest BCUT2D eigenvalue weighted by molar-refractivity contribution is 0.102. The van der Waals surface area contributed by atoms with Crippen LogP contribution in [0.1, 0.15) is 10.4 Å². The normalized spacial score (nSPS) is 10.5. The Morgan fingerprint density at radius 2 is 2.00 bits per heavy atom. The number of carbonyl (C=O) groups is 1. The molecule has 0 saturated carbocycles. The summed E-state index contributed by atoms with van der Waals surface area (Å²) in [6.07, 6.45) is 0. The van der Waals surface area contributed by atoms with Crippen molar-refractivity contribution in [2.24, 2.45) is 0 Å². The van der Waals surface area contributed by atoms with Crippen molar-refractivity contribution < 1.29 is 4.79 Å². The van der Waals surface area contributed by atoms with Crippen LogP contribution in [-0.4, -0.2) is 10.9 Å². The second-order valence-electron chi connectivity index (χ2n) is 4.48. The molecule has 0 bridgehead atoms. The van der Waals surface area contributed by atoms with Gasteiger partial charge in [0, 0.05) is 26.0 Å². The minimum atomic E-state index is -0.193. The highest BCUT2D eigenvalue weighted by Crippen LogP contribution is 2.30. The fourth-order valence-corrected chi connectivity index (χ4v) is 3.26. The monoisotopic (exact) mass is 392 g/mol. The Balaban J connectivity index is 1.80. The number of nitrogens with one attached hydrogen (secondary N) is 1. The summed E-state index contributed by atoms with van der Waals surface area (Å²) in [5.74, 6) is -0.193. The standard InChI is InChI=1S/C16H10BrClN2OS/c17-11-5-3-4-10(8-11)15(21)20-16-19-14(9-22-16)12-6-1-2-7-13(12)18/h1-9H,(H,19,20,21). The van der Waals surface area contributed by atoms with E-state index in [9.17, 15) is 4.79 Å². The van der Waals surface area contributed by atoms with Crippen molar-refractivity contribution in [2.75, 3.05) is 5.32 Å². The first-order valence-electron chi connectivity index (χ1n) is 6.41.